The van der Waals surface area contributed by atoms with Gasteiger partial charge >= 0.3 is 5.97 Å². The van der Waals surface area contributed by atoms with Crippen molar-refractivity contribution in [3.8, 4) is 11.5 Å². The number of amides is 1. The first-order chi connectivity index (χ1) is 13.8. The molecule has 2 aromatic carbocycles. The van der Waals surface area contributed by atoms with Crippen molar-refractivity contribution >= 4 is 23.3 Å². The van der Waals surface area contributed by atoms with Gasteiger partial charge in [-0.25, -0.2) is 0 Å². The van der Waals surface area contributed by atoms with Gasteiger partial charge in [0, 0.05) is 12.5 Å². The zero-order valence-corrected chi connectivity index (χ0v) is 16.3. The van der Waals surface area contributed by atoms with E-state index in [1.165, 1.54) is 39.3 Å². The molecule has 1 N–H and O–H groups in total. The van der Waals surface area contributed by atoms with Crippen molar-refractivity contribution in [3.05, 3.63) is 58.1 Å². The van der Waals surface area contributed by atoms with Gasteiger partial charge in [0.1, 0.15) is 5.69 Å². The Morgan fingerprint density at radius 1 is 1.10 bits per heavy atom. The summed E-state index contributed by atoms with van der Waals surface area (Å²) in [6.45, 7) is 1.40. The van der Waals surface area contributed by atoms with Gasteiger partial charge in [0.05, 0.1) is 19.1 Å². The summed E-state index contributed by atoms with van der Waals surface area (Å²) in [7, 11) is 3.05. The van der Waals surface area contributed by atoms with Gasteiger partial charge in [-0.05, 0) is 37.1 Å². The summed E-state index contributed by atoms with van der Waals surface area (Å²) in [5, 5.41) is 13.4. The molecule has 0 fully saturated rings. The Bertz CT molecular complexity index is 898. The number of anilines is 1. The summed E-state index contributed by atoms with van der Waals surface area (Å²) in [5.41, 5.74) is 0.639. The first-order valence-electron chi connectivity index (χ1n) is 8.80. The molecule has 0 bridgehead atoms. The van der Waals surface area contributed by atoms with E-state index in [9.17, 15) is 19.7 Å². The second-order valence-electron chi connectivity index (χ2n) is 6.08. The standard InChI is InChI=1S/C20H22N2O7/c1-13(20(24)21-15-6-4-5-7-16(15)22(25)26)29-19(23)11-9-14-8-10-17(27-2)18(12-14)28-3/h4-8,10,12-13H,9,11H2,1-3H3,(H,21,24)/t13-/m0/s1. The van der Waals surface area contributed by atoms with Crippen LogP contribution in [0, 0.1) is 10.1 Å². The highest BCUT2D eigenvalue weighted by atomic mass is 16.6. The molecule has 0 saturated carbocycles. The normalized spacial score (nSPS) is 11.3. The summed E-state index contributed by atoms with van der Waals surface area (Å²) in [6, 6.07) is 11.0. The molecule has 0 radical (unpaired) electrons. The number of ether oxygens (including phenoxy) is 3. The van der Waals surface area contributed by atoms with Crippen molar-refractivity contribution in [2.24, 2.45) is 0 Å². The van der Waals surface area contributed by atoms with Crippen LogP contribution < -0.4 is 14.8 Å². The SMILES string of the molecule is COc1ccc(CCC(=O)O[C@@H](C)C(=O)Nc2ccccc2[N+](=O)[O-])cc1OC. The summed E-state index contributed by atoms with van der Waals surface area (Å²) < 4.78 is 15.5. The number of hydrogen-bond acceptors (Lipinski definition) is 7. The van der Waals surface area contributed by atoms with Gasteiger partial charge in [0.15, 0.2) is 17.6 Å². The van der Waals surface area contributed by atoms with Crippen molar-refractivity contribution in [1.29, 1.82) is 0 Å². The number of rotatable bonds is 9. The van der Waals surface area contributed by atoms with Gasteiger partial charge in [-0.2, -0.15) is 0 Å². The van der Waals surface area contributed by atoms with Crippen LogP contribution in [0.3, 0.4) is 0 Å². The van der Waals surface area contributed by atoms with Crippen LogP contribution in [0.2, 0.25) is 0 Å². The fourth-order valence-corrected chi connectivity index (χ4v) is 2.57. The molecule has 2 rings (SSSR count). The number of methoxy groups -OCH3 is 2. The maximum absolute atomic E-state index is 12.2. The van der Waals surface area contributed by atoms with E-state index in [4.69, 9.17) is 14.2 Å². The second kappa shape index (κ2) is 10.1. The molecule has 0 saturated heterocycles. The van der Waals surface area contributed by atoms with E-state index >= 15 is 0 Å². The average molecular weight is 402 g/mol. The number of carbonyl (C=O) groups is 2. The van der Waals surface area contributed by atoms with Crippen LogP contribution in [0.4, 0.5) is 11.4 Å². The summed E-state index contributed by atoms with van der Waals surface area (Å²) in [5.74, 6) is -0.0848. The van der Waals surface area contributed by atoms with Gasteiger partial charge < -0.3 is 19.5 Å². The first-order valence-corrected chi connectivity index (χ1v) is 8.80. The molecule has 0 aliphatic carbocycles. The molecule has 1 amide bonds. The van der Waals surface area contributed by atoms with E-state index < -0.39 is 22.9 Å². The third-order valence-corrected chi connectivity index (χ3v) is 4.10. The molecule has 0 unspecified atom stereocenters. The Kier molecular flexibility index (Phi) is 7.53. The van der Waals surface area contributed by atoms with Crippen LogP contribution in [-0.2, 0) is 20.7 Å². The summed E-state index contributed by atoms with van der Waals surface area (Å²) in [6.07, 6.45) is -0.663. The third kappa shape index (κ3) is 5.93. The predicted molar refractivity (Wildman–Crippen MR) is 105 cm³/mol. The van der Waals surface area contributed by atoms with E-state index in [0.29, 0.717) is 17.9 Å². The summed E-state index contributed by atoms with van der Waals surface area (Å²) in [4.78, 5) is 34.7. The number of para-hydroxylation sites is 2. The van der Waals surface area contributed by atoms with Crippen molar-refractivity contribution < 1.29 is 28.7 Å². The van der Waals surface area contributed by atoms with E-state index in [0.717, 1.165) is 5.56 Å². The molecule has 0 aliphatic heterocycles. The van der Waals surface area contributed by atoms with Crippen molar-refractivity contribution in [2.45, 2.75) is 25.9 Å². The Balaban J connectivity index is 1.90. The molecule has 29 heavy (non-hydrogen) atoms. The van der Waals surface area contributed by atoms with Gasteiger partial charge in [-0.3, -0.25) is 19.7 Å². The number of hydrogen-bond donors (Lipinski definition) is 1. The topological polar surface area (TPSA) is 117 Å². The highest BCUT2D eigenvalue weighted by molar-refractivity contribution is 5.96. The third-order valence-electron chi connectivity index (χ3n) is 4.10. The molecule has 9 nitrogen and oxygen atoms in total. The zero-order valence-electron chi connectivity index (χ0n) is 16.3. The molecule has 1 atom stereocenters. The maximum Gasteiger partial charge on any atom is 0.306 e. The largest absolute Gasteiger partial charge is 0.493 e. The lowest BCUT2D eigenvalue weighted by atomic mass is 10.1. The monoisotopic (exact) mass is 402 g/mol. The average Bonchev–Trinajstić information content (AvgIpc) is 2.72. The number of aryl methyl sites for hydroxylation is 1. The molecular formula is C20H22N2O7. The van der Waals surface area contributed by atoms with Crippen molar-refractivity contribution in [3.63, 3.8) is 0 Å². The molecular weight excluding hydrogens is 380 g/mol. The molecule has 0 aromatic heterocycles. The second-order valence-corrected chi connectivity index (χ2v) is 6.08. The molecule has 0 heterocycles. The minimum absolute atomic E-state index is 0.0377. The fraction of sp³-hybridized carbons (Fsp3) is 0.300. The van der Waals surface area contributed by atoms with Crippen LogP contribution >= 0.6 is 0 Å². The minimum atomic E-state index is -1.10. The van der Waals surface area contributed by atoms with Gasteiger partial charge in [-0.15, -0.1) is 0 Å². The van der Waals surface area contributed by atoms with Crippen LogP contribution in [0.5, 0.6) is 11.5 Å². The van der Waals surface area contributed by atoms with E-state index in [1.54, 1.807) is 24.3 Å². The van der Waals surface area contributed by atoms with Crippen molar-refractivity contribution in [1.82, 2.24) is 0 Å². The Hall–Kier alpha value is -3.62. The van der Waals surface area contributed by atoms with E-state index in [1.807, 2.05) is 0 Å². The highest BCUT2D eigenvalue weighted by Crippen LogP contribution is 2.28. The van der Waals surface area contributed by atoms with Gasteiger partial charge in [0.25, 0.3) is 11.6 Å². The highest BCUT2D eigenvalue weighted by Gasteiger charge is 2.21. The first kappa shape index (κ1) is 21.7. The van der Waals surface area contributed by atoms with Gasteiger partial charge in [0.2, 0.25) is 0 Å². The van der Waals surface area contributed by atoms with E-state index in [-0.39, 0.29) is 17.8 Å². The lowest BCUT2D eigenvalue weighted by molar-refractivity contribution is -0.383. The lowest BCUT2D eigenvalue weighted by Crippen LogP contribution is -2.30. The number of nitrogens with one attached hydrogen (secondary N) is 1. The lowest BCUT2D eigenvalue weighted by Gasteiger charge is -2.14. The molecule has 0 aliphatic rings. The number of nitro groups is 1. The molecule has 154 valence electrons. The number of benzene rings is 2. The predicted octanol–water partition coefficient (Wildman–Crippen LogP) is 3.12. The Labute approximate surface area is 167 Å². The number of esters is 1. The Morgan fingerprint density at radius 3 is 2.45 bits per heavy atom. The molecule has 9 heteroatoms. The smallest absolute Gasteiger partial charge is 0.306 e. The Morgan fingerprint density at radius 2 is 1.79 bits per heavy atom. The number of carbonyl (C=O) groups excluding carboxylic acids is 2. The van der Waals surface area contributed by atoms with Crippen molar-refractivity contribution in [2.75, 3.05) is 19.5 Å². The van der Waals surface area contributed by atoms with Crippen LogP contribution in [0.1, 0.15) is 18.9 Å². The minimum Gasteiger partial charge on any atom is -0.493 e. The molecule has 2 aromatic rings. The fourth-order valence-electron chi connectivity index (χ4n) is 2.57. The zero-order chi connectivity index (χ0) is 21.4. The maximum atomic E-state index is 12.2. The summed E-state index contributed by atoms with van der Waals surface area (Å²) >= 11 is 0. The van der Waals surface area contributed by atoms with E-state index in [2.05, 4.69) is 5.32 Å². The molecule has 0 spiro atoms. The van der Waals surface area contributed by atoms with Crippen LogP contribution in [0.25, 0.3) is 0 Å². The number of nitrogens with zero attached hydrogens (tertiary/aromatic N) is 1. The van der Waals surface area contributed by atoms with Crippen LogP contribution in [-0.4, -0.2) is 37.1 Å². The van der Waals surface area contributed by atoms with Gasteiger partial charge in [-0.1, -0.05) is 18.2 Å². The van der Waals surface area contributed by atoms with Crippen LogP contribution in [0.15, 0.2) is 42.5 Å². The number of nitro benzene ring substituents is 1. The quantitative estimate of drug-likeness (QED) is 0.389.